The predicted molar refractivity (Wildman–Crippen MR) is 147 cm³/mol. The van der Waals surface area contributed by atoms with Gasteiger partial charge in [-0.3, -0.25) is 9.59 Å². The normalized spacial score (nSPS) is 12.7. The zero-order valence-corrected chi connectivity index (χ0v) is 24.1. The molecule has 0 fully saturated rings. The summed E-state index contributed by atoms with van der Waals surface area (Å²) in [4.78, 5) is 28.4. The summed E-state index contributed by atoms with van der Waals surface area (Å²) in [6.45, 7) is 10.5. The minimum Gasteiger partial charge on any atom is -0.497 e. The van der Waals surface area contributed by atoms with Gasteiger partial charge in [0.25, 0.3) is 0 Å². The maximum atomic E-state index is 13.9. The number of hydrogen-bond donors (Lipinski definition) is 1. The topological polar surface area (TPSA) is 99.3 Å². The van der Waals surface area contributed by atoms with Crippen LogP contribution in [0.15, 0.2) is 42.5 Å². The Kier molecular flexibility index (Phi) is 9.73. The molecule has 2 rings (SSSR count). The molecule has 2 amide bonds. The Hall–Kier alpha value is -3.11. The second-order valence-electron chi connectivity index (χ2n) is 10.4. The van der Waals surface area contributed by atoms with Crippen LogP contribution >= 0.6 is 0 Å². The van der Waals surface area contributed by atoms with Gasteiger partial charge in [-0.15, -0.1) is 0 Å². The molecule has 2 aromatic carbocycles. The molecule has 0 aliphatic heterocycles. The van der Waals surface area contributed by atoms with Gasteiger partial charge in [0.2, 0.25) is 11.8 Å². The first kappa shape index (κ1) is 30.1. The van der Waals surface area contributed by atoms with E-state index in [9.17, 15) is 18.0 Å². The highest BCUT2D eigenvalue weighted by Gasteiger charge is 2.34. The van der Waals surface area contributed by atoms with Gasteiger partial charge < -0.3 is 15.0 Å². The molecule has 1 N–H and O–H groups in total. The second-order valence-corrected chi connectivity index (χ2v) is 12.4. The predicted octanol–water partition coefficient (Wildman–Crippen LogP) is 3.26. The van der Waals surface area contributed by atoms with E-state index in [2.05, 4.69) is 5.32 Å². The van der Waals surface area contributed by atoms with Crippen molar-refractivity contribution >= 4 is 27.7 Å². The van der Waals surface area contributed by atoms with Crippen LogP contribution in [0.1, 0.15) is 44.4 Å². The molecule has 1 unspecified atom stereocenters. The lowest BCUT2D eigenvalue weighted by molar-refractivity contribution is -0.140. The molecule has 9 nitrogen and oxygen atoms in total. The van der Waals surface area contributed by atoms with Crippen LogP contribution in [0.2, 0.25) is 0 Å². The van der Waals surface area contributed by atoms with E-state index in [1.807, 2.05) is 45.9 Å². The molecule has 0 aromatic heterocycles. The van der Waals surface area contributed by atoms with Gasteiger partial charge in [0.15, 0.2) is 0 Å². The highest BCUT2D eigenvalue weighted by molar-refractivity contribution is 7.90. The van der Waals surface area contributed by atoms with Crippen LogP contribution in [-0.2, 0) is 26.3 Å². The average Bonchev–Trinajstić information content (AvgIpc) is 2.80. The summed E-state index contributed by atoms with van der Waals surface area (Å²) in [6, 6.07) is 11.8. The van der Waals surface area contributed by atoms with Gasteiger partial charge in [0.1, 0.15) is 18.3 Å². The number of hydrogen-bond acceptors (Lipinski definition) is 5. The number of nitrogens with one attached hydrogen (secondary N) is 1. The number of anilines is 1. The Morgan fingerprint density at radius 3 is 2.27 bits per heavy atom. The number of nitrogens with zero attached hydrogens (tertiary/aromatic N) is 3. The lowest BCUT2D eigenvalue weighted by Crippen LogP contribution is -2.55. The van der Waals surface area contributed by atoms with Crippen molar-refractivity contribution in [3.8, 4) is 5.75 Å². The molecule has 1 atom stereocenters. The number of rotatable bonds is 10. The zero-order valence-electron chi connectivity index (χ0n) is 23.3. The Labute approximate surface area is 221 Å². The average molecular weight is 533 g/mol. The maximum absolute atomic E-state index is 13.9. The van der Waals surface area contributed by atoms with Gasteiger partial charge in [0.05, 0.1) is 12.8 Å². The van der Waals surface area contributed by atoms with Crippen LogP contribution in [0.25, 0.3) is 0 Å². The van der Waals surface area contributed by atoms with Crippen LogP contribution in [-0.4, -0.2) is 68.8 Å². The molecule has 0 saturated heterocycles. The minimum atomic E-state index is -4.02. The molecule has 0 aliphatic rings. The summed E-state index contributed by atoms with van der Waals surface area (Å²) in [5.41, 5.74) is 2.22. The van der Waals surface area contributed by atoms with E-state index in [0.29, 0.717) is 17.0 Å². The molecular weight excluding hydrogens is 492 g/mol. The van der Waals surface area contributed by atoms with Crippen LogP contribution in [0.3, 0.4) is 0 Å². The van der Waals surface area contributed by atoms with Crippen molar-refractivity contribution in [1.29, 1.82) is 0 Å². The lowest BCUT2D eigenvalue weighted by Gasteiger charge is -2.34. The molecule has 10 heteroatoms. The summed E-state index contributed by atoms with van der Waals surface area (Å²) in [5.74, 6) is -0.230. The zero-order chi connectivity index (χ0) is 28.1. The largest absolute Gasteiger partial charge is 0.497 e. The minimum absolute atomic E-state index is 0.0947. The van der Waals surface area contributed by atoms with Crippen molar-refractivity contribution in [2.45, 2.75) is 59.7 Å². The van der Waals surface area contributed by atoms with Gasteiger partial charge in [-0.25, -0.2) is 4.31 Å². The fourth-order valence-electron chi connectivity index (χ4n) is 3.71. The van der Waals surface area contributed by atoms with E-state index >= 15 is 0 Å². The first-order chi connectivity index (χ1) is 17.1. The monoisotopic (exact) mass is 532 g/mol. The van der Waals surface area contributed by atoms with Crippen molar-refractivity contribution in [3.63, 3.8) is 0 Å². The molecule has 0 saturated carbocycles. The van der Waals surface area contributed by atoms with E-state index in [1.165, 1.54) is 19.0 Å². The van der Waals surface area contributed by atoms with Crippen molar-refractivity contribution in [3.05, 3.63) is 59.2 Å². The number of aryl methyl sites for hydroxylation is 2. The molecule has 204 valence electrons. The standard InChI is InChI=1S/C27H40N4O5S/c1-19-13-14-20(2)24(15-19)31(37(34,35)29(7)8)18-25(32)30(21(3)26(33)28-27(4,5)6)17-22-11-10-12-23(16-22)36-9/h10-16,21H,17-18H2,1-9H3,(H,28,33). The third-order valence-electron chi connectivity index (χ3n) is 5.80. The van der Waals surface area contributed by atoms with Crippen molar-refractivity contribution in [2.75, 3.05) is 32.1 Å². The van der Waals surface area contributed by atoms with Crippen LogP contribution in [0.5, 0.6) is 5.75 Å². The first-order valence-corrected chi connectivity index (χ1v) is 13.5. The van der Waals surface area contributed by atoms with Gasteiger partial charge in [-0.05, 0) is 76.4 Å². The molecule has 37 heavy (non-hydrogen) atoms. The molecule has 0 heterocycles. The molecule has 2 aromatic rings. The van der Waals surface area contributed by atoms with E-state index in [-0.39, 0.29) is 12.5 Å². The third kappa shape index (κ3) is 7.93. The van der Waals surface area contributed by atoms with Gasteiger partial charge in [-0.1, -0.05) is 24.3 Å². The Morgan fingerprint density at radius 2 is 1.70 bits per heavy atom. The van der Waals surface area contributed by atoms with Crippen molar-refractivity contribution in [2.24, 2.45) is 0 Å². The molecule has 0 bridgehead atoms. The third-order valence-corrected chi connectivity index (χ3v) is 7.61. The number of benzene rings is 2. The second kappa shape index (κ2) is 12.0. The smallest absolute Gasteiger partial charge is 0.304 e. The number of methoxy groups -OCH3 is 1. The van der Waals surface area contributed by atoms with Gasteiger partial charge in [0, 0.05) is 26.2 Å². The Bertz CT molecular complexity index is 1220. The number of ether oxygens (including phenoxy) is 1. The fourth-order valence-corrected chi connectivity index (χ4v) is 4.83. The number of carbonyl (C=O) groups is 2. The summed E-state index contributed by atoms with van der Waals surface area (Å²) in [5, 5.41) is 2.92. The van der Waals surface area contributed by atoms with E-state index in [1.54, 1.807) is 45.2 Å². The number of carbonyl (C=O) groups excluding carboxylic acids is 2. The van der Waals surface area contributed by atoms with Crippen LogP contribution < -0.4 is 14.4 Å². The Morgan fingerprint density at radius 1 is 1.05 bits per heavy atom. The molecule has 0 aliphatic carbocycles. The maximum Gasteiger partial charge on any atom is 0.304 e. The molecule has 0 spiro atoms. The summed E-state index contributed by atoms with van der Waals surface area (Å²) in [6.07, 6.45) is 0. The van der Waals surface area contributed by atoms with E-state index < -0.39 is 34.2 Å². The summed E-state index contributed by atoms with van der Waals surface area (Å²) >= 11 is 0. The van der Waals surface area contributed by atoms with Gasteiger partial charge >= 0.3 is 10.2 Å². The number of amides is 2. The highest BCUT2D eigenvalue weighted by Crippen LogP contribution is 2.26. The molecular formula is C27H40N4O5S. The van der Waals surface area contributed by atoms with Crippen LogP contribution in [0.4, 0.5) is 5.69 Å². The van der Waals surface area contributed by atoms with Crippen LogP contribution in [0, 0.1) is 13.8 Å². The van der Waals surface area contributed by atoms with E-state index in [0.717, 1.165) is 19.7 Å². The quantitative estimate of drug-likeness (QED) is 0.506. The summed E-state index contributed by atoms with van der Waals surface area (Å²) in [7, 11) is 0.376. The van der Waals surface area contributed by atoms with E-state index in [4.69, 9.17) is 4.74 Å². The SMILES string of the molecule is COc1cccc(CN(C(=O)CN(c2cc(C)ccc2C)S(=O)(=O)N(C)C)C(C)C(=O)NC(C)(C)C)c1. The van der Waals surface area contributed by atoms with Gasteiger partial charge in [-0.2, -0.15) is 12.7 Å². The highest BCUT2D eigenvalue weighted by atomic mass is 32.2. The fraction of sp³-hybridized carbons (Fsp3) is 0.481. The molecule has 0 radical (unpaired) electrons. The first-order valence-electron chi connectivity index (χ1n) is 12.1. The van der Waals surface area contributed by atoms with Crippen molar-refractivity contribution < 1.29 is 22.7 Å². The van der Waals surface area contributed by atoms with Crippen molar-refractivity contribution in [1.82, 2.24) is 14.5 Å². The Balaban J connectivity index is 2.54. The lowest BCUT2D eigenvalue weighted by atomic mass is 10.1. The summed E-state index contributed by atoms with van der Waals surface area (Å²) < 4.78 is 34.2.